The summed E-state index contributed by atoms with van der Waals surface area (Å²) in [5.74, 6) is 0.533. The summed E-state index contributed by atoms with van der Waals surface area (Å²) < 4.78 is 5.35. The van der Waals surface area contributed by atoms with Crippen molar-refractivity contribution in [3.63, 3.8) is 0 Å². The first kappa shape index (κ1) is 14.0. The van der Waals surface area contributed by atoms with Gasteiger partial charge in [-0.2, -0.15) is 5.10 Å². The van der Waals surface area contributed by atoms with E-state index in [9.17, 15) is 0 Å². The van der Waals surface area contributed by atoms with Crippen LogP contribution in [0, 0.1) is 6.92 Å². The van der Waals surface area contributed by atoms with Crippen molar-refractivity contribution in [1.29, 1.82) is 0 Å². The van der Waals surface area contributed by atoms with E-state index in [2.05, 4.69) is 34.2 Å². The van der Waals surface area contributed by atoms with Crippen LogP contribution in [-0.2, 0) is 19.4 Å². The minimum atomic E-state index is 0.432. The number of aryl methyl sites for hydroxylation is 2. The van der Waals surface area contributed by atoms with Crippen LogP contribution in [0.1, 0.15) is 36.6 Å². The minimum absolute atomic E-state index is 0.432. The second kappa shape index (κ2) is 6.12. The Morgan fingerprint density at radius 3 is 2.37 bits per heavy atom. The fourth-order valence-corrected chi connectivity index (χ4v) is 2.75. The predicted octanol–water partition coefficient (Wildman–Crippen LogP) is 1.90. The highest BCUT2D eigenvalue weighted by molar-refractivity contribution is 7.99. The number of rotatable bonds is 5. The molecule has 2 aromatic heterocycles. The molecule has 2 rings (SSSR count). The van der Waals surface area contributed by atoms with Gasteiger partial charge in [0.2, 0.25) is 5.89 Å². The van der Waals surface area contributed by atoms with Crippen LogP contribution in [0.15, 0.2) is 14.7 Å². The van der Waals surface area contributed by atoms with Gasteiger partial charge in [-0.1, -0.05) is 13.8 Å². The molecule has 2 aromatic rings. The first-order valence-electron chi connectivity index (χ1n) is 6.24. The molecule has 6 nitrogen and oxygen atoms in total. The lowest BCUT2D eigenvalue weighted by Gasteiger charge is -2.12. The summed E-state index contributed by atoms with van der Waals surface area (Å²) in [5.41, 5.74) is 9.07. The summed E-state index contributed by atoms with van der Waals surface area (Å²) in [5, 5.41) is 17.5. The van der Waals surface area contributed by atoms with Crippen molar-refractivity contribution < 1.29 is 4.42 Å². The summed E-state index contributed by atoms with van der Waals surface area (Å²) in [6.07, 6.45) is 1.75. The third kappa shape index (κ3) is 2.93. The Bertz CT molecular complexity index is 569. The molecular formula is C12H17N5OS. The Morgan fingerprint density at radius 2 is 1.84 bits per heavy atom. The molecule has 0 fully saturated rings. The summed E-state index contributed by atoms with van der Waals surface area (Å²) in [6.45, 7) is 6.35. The summed E-state index contributed by atoms with van der Waals surface area (Å²) >= 11 is 1.31. The van der Waals surface area contributed by atoms with Crippen LogP contribution in [-0.4, -0.2) is 20.4 Å². The van der Waals surface area contributed by atoms with E-state index in [-0.39, 0.29) is 0 Å². The second-order valence-corrected chi connectivity index (χ2v) is 4.95. The van der Waals surface area contributed by atoms with Gasteiger partial charge < -0.3 is 10.2 Å². The molecule has 0 aliphatic rings. The second-order valence-electron chi connectivity index (χ2n) is 4.01. The van der Waals surface area contributed by atoms with Gasteiger partial charge in [0.25, 0.3) is 5.22 Å². The molecule has 0 amide bonds. The molecule has 0 aliphatic heterocycles. The molecule has 2 N–H and O–H groups in total. The molecule has 0 bridgehead atoms. The zero-order valence-corrected chi connectivity index (χ0v) is 12.1. The SMILES string of the molecule is CCc1nnc(Sc2nnc(C)o2)c(CN)c1CC. The number of nitrogens with zero attached hydrogens (tertiary/aromatic N) is 4. The third-order valence-electron chi connectivity index (χ3n) is 2.82. The van der Waals surface area contributed by atoms with Crippen LogP contribution < -0.4 is 5.73 Å². The molecule has 0 radical (unpaired) electrons. The van der Waals surface area contributed by atoms with Crippen molar-refractivity contribution in [1.82, 2.24) is 20.4 Å². The number of nitrogens with two attached hydrogens (primary N) is 1. The van der Waals surface area contributed by atoms with E-state index in [0.717, 1.165) is 29.1 Å². The lowest BCUT2D eigenvalue weighted by Crippen LogP contribution is -2.10. The van der Waals surface area contributed by atoms with Crippen LogP contribution in [0.3, 0.4) is 0 Å². The Morgan fingerprint density at radius 1 is 1.05 bits per heavy atom. The van der Waals surface area contributed by atoms with Gasteiger partial charge in [0.1, 0.15) is 5.03 Å². The summed E-state index contributed by atoms with van der Waals surface area (Å²) in [4.78, 5) is 0. The van der Waals surface area contributed by atoms with E-state index in [0.29, 0.717) is 17.7 Å². The molecule has 0 unspecified atom stereocenters. The Hall–Kier alpha value is -1.47. The first-order valence-corrected chi connectivity index (χ1v) is 7.06. The third-order valence-corrected chi connectivity index (χ3v) is 3.68. The van der Waals surface area contributed by atoms with E-state index >= 15 is 0 Å². The van der Waals surface area contributed by atoms with Gasteiger partial charge in [-0.05, 0) is 30.2 Å². The summed E-state index contributed by atoms with van der Waals surface area (Å²) in [7, 11) is 0. The Balaban J connectivity index is 2.40. The van der Waals surface area contributed by atoms with Gasteiger partial charge in [0.05, 0.1) is 5.69 Å². The largest absolute Gasteiger partial charge is 0.416 e. The topological polar surface area (TPSA) is 90.7 Å². The fourth-order valence-electron chi connectivity index (χ4n) is 1.93. The highest BCUT2D eigenvalue weighted by Gasteiger charge is 2.16. The molecule has 2 heterocycles. The van der Waals surface area contributed by atoms with Gasteiger partial charge in [-0.25, -0.2) is 0 Å². The maximum Gasteiger partial charge on any atom is 0.283 e. The molecule has 0 spiro atoms. The van der Waals surface area contributed by atoms with E-state index < -0.39 is 0 Å². The van der Waals surface area contributed by atoms with Gasteiger partial charge in [-0.3, -0.25) is 0 Å². The van der Waals surface area contributed by atoms with Gasteiger partial charge in [0, 0.05) is 19.0 Å². The van der Waals surface area contributed by atoms with Crippen molar-refractivity contribution in [2.75, 3.05) is 0 Å². The van der Waals surface area contributed by atoms with Crippen molar-refractivity contribution in [2.24, 2.45) is 5.73 Å². The number of hydrogen-bond acceptors (Lipinski definition) is 7. The lowest BCUT2D eigenvalue weighted by atomic mass is 10.0. The van der Waals surface area contributed by atoms with Gasteiger partial charge in [-0.15, -0.1) is 15.3 Å². The monoisotopic (exact) mass is 279 g/mol. The van der Waals surface area contributed by atoms with E-state index in [4.69, 9.17) is 10.2 Å². The molecular weight excluding hydrogens is 262 g/mol. The quantitative estimate of drug-likeness (QED) is 0.893. The van der Waals surface area contributed by atoms with E-state index in [1.54, 1.807) is 6.92 Å². The van der Waals surface area contributed by atoms with Crippen LogP contribution in [0.2, 0.25) is 0 Å². The maximum absolute atomic E-state index is 5.86. The molecule has 102 valence electrons. The Labute approximate surface area is 116 Å². The normalized spacial score (nSPS) is 10.9. The predicted molar refractivity (Wildman–Crippen MR) is 71.8 cm³/mol. The molecule has 0 atom stereocenters. The maximum atomic E-state index is 5.86. The zero-order chi connectivity index (χ0) is 13.8. The molecule has 0 aliphatic carbocycles. The van der Waals surface area contributed by atoms with Crippen molar-refractivity contribution in [2.45, 2.75) is 50.4 Å². The van der Waals surface area contributed by atoms with Crippen LogP contribution >= 0.6 is 11.8 Å². The minimum Gasteiger partial charge on any atom is -0.416 e. The first-order chi connectivity index (χ1) is 9.19. The molecule has 0 aromatic carbocycles. The van der Waals surface area contributed by atoms with Crippen LogP contribution in [0.5, 0.6) is 0 Å². The highest BCUT2D eigenvalue weighted by atomic mass is 32.2. The molecule has 0 saturated heterocycles. The van der Waals surface area contributed by atoms with Crippen LogP contribution in [0.25, 0.3) is 0 Å². The van der Waals surface area contributed by atoms with Gasteiger partial charge in [0.15, 0.2) is 0 Å². The van der Waals surface area contributed by atoms with E-state index in [1.165, 1.54) is 17.3 Å². The average Bonchev–Trinajstić information content (AvgIpc) is 2.83. The lowest BCUT2D eigenvalue weighted by molar-refractivity contribution is 0.429. The number of aromatic nitrogens is 4. The van der Waals surface area contributed by atoms with Crippen LogP contribution in [0.4, 0.5) is 0 Å². The van der Waals surface area contributed by atoms with E-state index in [1.807, 2.05) is 0 Å². The standard InChI is InChI=1S/C12H17N5OS/c1-4-8-9(6-13)11(16-15-10(8)5-2)19-12-17-14-7(3)18-12/h4-6,13H2,1-3H3. The highest BCUT2D eigenvalue weighted by Crippen LogP contribution is 2.30. The van der Waals surface area contributed by atoms with Crippen molar-refractivity contribution >= 4 is 11.8 Å². The zero-order valence-electron chi connectivity index (χ0n) is 11.3. The number of hydrogen-bond donors (Lipinski definition) is 1. The van der Waals surface area contributed by atoms with Crippen molar-refractivity contribution in [3.8, 4) is 0 Å². The molecule has 7 heteroatoms. The summed E-state index contributed by atoms with van der Waals surface area (Å²) in [6, 6.07) is 0. The van der Waals surface area contributed by atoms with Gasteiger partial charge >= 0.3 is 0 Å². The fraction of sp³-hybridized carbons (Fsp3) is 0.500. The van der Waals surface area contributed by atoms with Crippen molar-refractivity contribution in [3.05, 3.63) is 22.7 Å². The molecule has 0 saturated carbocycles. The molecule has 19 heavy (non-hydrogen) atoms. The smallest absolute Gasteiger partial charge is 0.283 e. The average molecular weight is 279 g/mol. The Kier molecular flexibility index (Phi) is 4.49.